The van der Waals surface area contributed by atoms with Gasteiger partial charge in [-0.25, -0.2) is 9.97 Å². The number of rotatable bonds is 8. The Labute approximate surface area is 150 Å². The number of benzene rings is 1. The predicted octanol–water partition coefficient (Wildman–Crippen LogP) is 2.39. The number of hydrogen-bond donors (Lipinski definition) is 4. The van der Waals surface area contributed by atoms with Gasteiger partial charge in [-0.1, -0.05) is 24.3 Å². The van der Waals surface area contributed by atoms with Gasteiger partial charge in [0.15, 0.2) is 11.6 Å². The first-order valence-corrected chi connectivity index (χ1v) is 8.58. The van der Waals surface area contributed by atoms with Crippen LogP contribution in [0.3, 0.4) is 0 Å². The molecule has 0 fully saturated rings. The van der Waals surface area contributed by atoms with Crippen LogP contribution in [0.4, 0.5) is 11.6 Å². The monoisotopic (exact) mass is 348 g/mol. The molecule has 4 N–H and O–H groups in total. The fourth-order valence-electron chi connectivity index (χ4n) is 2.84. The molecule has 26 heavy (non-hydrogen) atoms. The Morgan fingerprint density at radius 3 is 1.65 bits per heavy atom. The van der Waals surface area contributed by atoms with Crippen molar-refractivity contribution in [2.75, 3.05) is 23.7 Å². The SMILES string of the molecule is c1ccc2c(NCCc3cnc[nH]3)nnc(NCCc3cnc[nH]3)c2c1. The van der Waals surface area contributed by atoms with E-state index >= 15 is 0 Å². The van der Waals surface area contributed by atoms with Gasteiger partial charge >= 0.3 is 0 Å². The standard InChI is InChI=1S/C18H20N8/c1-2-4-16-15(3-1)17(21-7-5-13-9-19-11-23-13)25-26-18(16)22-8-6-14-10-20-12-24-14/h1-4,9-12H,5-8H2,(H,19,23)(H,20,24)(H,21,25)(H,22,26). The van der Waals surface area contributed by atoms with Crippen LogP contribution >= 0.6 is 0 Å². The number of hydrogen-bond acceptors (Lipinski definition) is 6. The summed E-state index contributed by atoms with van der Waals surface area (Å²) in [5.74, 6) is 1.58. The predicted molar refractivity (Wildman–Crippen MR) is 101 cm³/mol. The number of anilines is 2. The molecule has 3 heterocycles. The molecule has 4 rings (SSSR count). The lowest BCUT2D eigenvalue weighted by atomic mass is 10.1. The van der Waals surface area contributed by atoms with Crippen LogP contribution in [0.5, 0.6) is 0 Å². The highest BCUT2D eigenvalue weighted by Gasteiger charge is 2.08. The van der Waals surface area contributed by atoms with Crippen molar-refractivity contribution in [3.05, 3.63) is 60.7 Å². The maximum absolute atomic E-state index is 4.37. The second-order valence-electron chi connectivity index (χ2n) is 5.95. The third-order valence-corrected chi connectivity index (χ3v) is 4.17. The van der Waals surface area contributed by atoms with E-state index < -0.39 is 0 Å². The van der Waals surface area contributed by atoms with Crippen LogP contribution < -0.4 is 10.6 Å². The summed E-state index contributed by atoms with van der Waals surface area (Å²) >= 11 is 0. The van der Waals surface area contributed by atoms with Crippen LogP contribution in [0.2, 0.25) is 0 Å². The molecule has 4 aromatic rings. The van der Waals surface area contributed by atoms with E-state index in [-0.39, 0.29) is 0 Å². The highest BCUT2D eigenvalue weighted by molar-refractivity contribution is 5.98. The van der Waals surface area contributed by atoms with Crippen molar-refractivity contribution in [1.29, 1.82) is 0 Å². The van der Waals surface area contributed by atoms with E-state index in [0.717, 1.165) is 59.7 Å². The molecule has 0 unspecified atom stereocenters. The highest BCUT2D eigenvalue weighted by Crippen LogP contribution is 2.25. The van der Waals surface area contributed by atoms with Gasteiger partial charge in [0.05, 0.1) is 12.7 Å². The summed E-state index contributed by atoms with van der Waals surface area (Å²) < 4.78 is 0. The summed E-state index contributed by atoms with van der Waals surface area (Å²) in [6, 6.07) is 8.14. The summed E-state index contributed by atoms with van der Waals surface area (Å²) in [6.45, 7) is 1.51. The first-order chi connectivity index (χ1) is 12.9. The molecule has 1 aromatic carbocycles. The van der Waals surface area contributed by atoms with Gasteiger partial charge in [0.25, 0.3) is 0 Å². The average Bonchev–Trinajstić information content (AvgIpc) is 3.37. The number of H-pyrrole nitrogens is 2. The quantitative estimate of drug-likeness (QED) is 0.389. The van der Waals surface area contributed by atoms with Gasteiger partial charge in [-0.2, -0.15) is 0 Å². The minimum atomic E-state index is 0.757. The lowest BCUT2D eigenvalue weighted by Gasteiger charge is -2.12. The second-order valence-corrected chi connectivity index (χ2v) is 5.95. The van der Waals surface area contributed by atoms with Gasteiger partial charge in [-0.05, 0) is 0 Å². The van der Waals surface area contributed by atoms with E-state index in [0.29, 0.717) is 0 Å². The molecule has 8 nitrogen and oxygen atoms in total. The van der Waals surface area contributed by atoms with E-state index in [2.05, 4.69) is 52.9 Å². The molecule has 3 aromatic heterocycles. The fourth-order valence-corrected chi connectivity index (χ4v) is 2.84. The Morgan fingerprint density at radius 1 is 0.731 bits per heavy atom. The van der Waals surface area contributed by atoms with Gasteiger partial charge in [-0.3, -0.25) is 0 Å². The van der Waals surface area contributed by atoms with E-state index in [1.165, 1.54) is 0 Å². The fraction of sp³-hybridized carbons (Fsp3) is 0.222. The number of nitrogens with zero attached hydrogens (tertiary/aromatic N) is 4. The zero-order valence-electron chi connectivity index (χ0n) is 14.2. The summed E-state index contributed by atoms with van der Waals surface area (Å²) in [5.41, 5.74) is 2.18. The molecule has 0 saturated carbocycles. The zero-order chi connectivity index (χ0) is 17.6. The van der Waals surface area contributed by atoms with Gasteiger partial charge in [0, 0.05) is 60.5 Å². The Kier molecular flexibility index (Phi) is 4.72. The Bertz CT molecular complexity index is 868. The molecule has 8 heteroatoms. The molecule has 0 aliphatic rings. The normalized spacial score (nSPS) is 10.9. The first-order valence-electron chi connectivity index (χ1n) is 8.58. The zero-order valence-corrected chi connectivity index (χ0v) is 14.2. The van der Waals surface area contributed by atoms with Crippen LogP contribution in [0.1, 0.15) is 11.4 Å². The van der Waals surface area contributed by atoms with Gasteiger partial charge in [0.2, 0.25) is 0 Å². The topological polar surface area (TPSA) is 107 Å². The number of imidazole rings is 2. The van der Waals surface area contributed by atoms with E-state index in [4.69, 9.17) is 0 Å². The molecule has 0 atom stereocenters. The van der Waals surface area contributed by atoms with Crippen LogP contribution in [-0.2, 0) is 12.8 Å². The minimum absolute atomic E-state index is 0.757. The molecule has 0 saturated heterocycles. The van der Waals surface area contributed by atoms with Crippen LogP contribution in [0.25, 0.3) is 10.8 Å². The van der Waals surface area contributed by atoms with Crippen molar-refractivity contribution in [2.45, 2.75) is 12.8 Å². The lowest BCUT2D eigenvalue weighted by molar-refractivity contribution is 0.935. The summed E-state index contributed by atoms with van der Waals surface area (Å²) in [4.78, 5) is 14.3. The van der Waals surface area contributed by atoms with Crippen molar-refractivity contribution in [2.24, 2.45) is 0 Å². The number of fused-ring (bicyclic) bond motifs is 1. The lowest BCUT2D eigenvalue weighted by Crippen LogP contribution is -2.11. The van der Waals surface area contributed by atoms with Crippen LogP contribution in [-0.4, -0.2) is 43.2 Å². The first kappa shape index (κ1) is 16.1. The van der Waals surface area contributed by atoms with E-state index in [1.807, 2.05) is 24.5 Å². The summed E-state index contributed by atoms with van der Waals surface area (Å²) in [6.07, 6.45) is 8.74. The van der Waals surface area contributed by atoms with Crippen molar-refractivity contribution < 1.29 is 0 Å². The van der Waals surface area contributed by atoms with E-state index in [1.54, 1.807) is 12.7 Å². The van der Waals surface area contributed by atoms with Crippen molar-refractivity contribution in [1.82, 2.24) is 30.1 Å². The summed E-state index contributed by atoms with van der Waals surface area (Å²) in [5, 5.41) is 17.6. The maximum Gasteiger partial charge on any atom is 0.156 e. The number of aromatic nitrogens is 6. The largest absolute Gasteiger partial charge is 0.368 e. The highest BCUT2D eigenvalue weighted by atomic mass is 15.2. The van der Waals surface area contributed by atoms with Gasteiger partial charge in [0.1, 0.15) is 0 Å². The second kappa shape index (κ2) is 7.64. The molecule has 0 bridgehead atoms. The Morgan fingerprint density at radius 2 is 1.23 bits per heavy atom. The molecule has 0 amide bonds. The van der Waals surface area contributed by atoms with Gasteiger partial charge < -0.3 is 20.6 Å². The smallest absolute Gasteiger partial charge is 0.156 e. The molecular formula is C18H20N8. The molecule has 0 spiro atoms. The molecule has 0 aliphatic carbocycles. The third-order valence-electron chi connectivity index (χ3n) is 4.17. The summed E-state index contributed by atoms with van der Waals surface area (Å²) in [7, 11) is 0. The third kappa shape index (κ3) is 3.64. The van der Waals surface area contributed by atoms with Crippen LogP contribution in [0.15, 0.2) is 49.3 Å². The van der Waals surface area contributed by atoms with Crippen molar-refractivity contribution >= 4 is 22.4 Å². The van der Waals surface area contributed by atoms with Gasteiger partial charge in [-0.15, -0.1) is 10.2 Å². The minimum Gasteiger partial charge on any atom is -0.368 e. The van der Waals surface area contributed by atoms with Crippen molar-refractivity contribution in [3.8, 4) is 0 Å². The Hall–Kier alpha value is -3.42. The average molecular weight is 348 g/mol. The van der Waals surface area contributed by atoms with Crippen molar-refractivity contribution in [3.63, 3.8) is 0 Å². The van der Waals surface area contributed by atoms with E-state index in [9.17, 15) is 0 Å². The number of aromatic amines is 2. The molecular weight excluding hydrogens is 328 g/mol. The number of nitrogens with one attached hydrogen (secondary N) is 4. The maximum atomic E-state index is 4.37. The Balaban J connectivity index is 1.45. The molecule has 132 valence electrons. The molecule has 0 radical (unpaired) electrons. The molecule has 0 aliphatic heterocycles. The van der Waals surface area contributed by atoms with Crippen LogP contribution in [0, 0.1) is 0 Å².